The lowest BCUT2D eigenvalue weighted by Gasteiger charge is -2.34. The SMILES string of the molecule is CCC(CC)(NCc1cc(Cl)cc2c1OCOC2)c1ccc(Cl)cc1. The number of nitrogens with one attached hydrogen (secondary N) is 1. The number of rotatable bonds is 6. The number of ether oxygens (including phenoxy) is 2. The largest absolute Gasteiger partial charge is 0.467 e. The Morgan fingerprint density at radius 1 is 1.04 bits per heavy atom. The summed E-state index contributed by atoms with van der Waals surface area (Å²) >= 11 is 12.3. The van der Waals surface area contributed by atoms with Crippen LogP contribution in [0, 0.1) is 0 Å². The summed E-state index contributed by atoms with van der Waals surface area (Å²) in [6.07, 6.45) is 1.94. The van der Waals surface area contributed by atoms with Crippen LogP contribution in [-0.4, -0.2) is 6.79 Å². The van der Waals surface area contributed by atoms with E-state index in [2.05, 4.69) is 31.3 Å². The molecule has 1 N–H and O–H groups in total. The molecule has 0 aliphatic carbocycles. The summed E-state index contributed by atoms with van der Waals surface area (Å²) in [5.74, 6) is 0.889. The molecule has 0 fully saturated rings. The van der Waals surface area contributed by atoms with Gasteiger partial charge in [0.25, 0.3) is 0 Å². The topological polar surface area (TPSA) is 30.5 Å². The molecule has 0 saturated heterocycles. The Hall–Kier alpha value is -1.26. The number of benzene rings is 2. The zero-order chi connectivity index (χ0) is 17.9. The minimum absolute atomic E-state index is 0.120. The molecule has 0 bridgehead atoms. The van der Waals surface area contributed by atoms with Crippen molar-refractivity contribution in [3.63, 3.8) is 0 Å². The monoisotopic (exact) mass is 379 g/mol. The summed E-state index contributed by atoms with van der Waals surface area (Å²) in [4.78, 5) is 0. The third-order valence-electron chi connectivity index (χ3n) is 4.97. The van der Waals surface area contributed by atoms with E-state index < -0.39 is 0 Å². The molecule has 1 aliphatic rings. The number of fused-ring (bicyclic) bond motifs is 1. The highest BCUT2D eigenvalue weighted by Gasteiger charge is 2.28. The van der Waals surface area contributed by atoms with Crippen LogP contribution in [0.2, 0.25) is 10.0 Å². The van der Waals surface area contributed by atoms with E-state index in [4.69, 9.17) is 32.7 Å². The first kappa shape index (κ1) is 18.5. The molecule has 0 aromatic heterocycles. The van der Waals surface area contributed by atoms with Crippen molar-refractivity contribution in [2.75, 3.05) is 6.79 Å². The number of halogens is 2. The lowest BCUT2D eigenvalue weighted by molar-refractivity contribution is -0.0171. The highest BCUT2D eigenvalue weighted by Crippen LogP contribution is 2.34. The van der Waals surface area contributed by atoms with Crippen LogP contribution in [0.4, 0.5) is 0 Å². The summed E-state index contributed by atoms with van der Waals surface area (Å²) in [6.45, 7) is 5.89. The van der Waals surface area contributed by atoms with Gasteiger partial charge < -0.3 is 14.8 Å². The fourth-order valence-corrected chi connectivity index (χ4v) is 3.82. The normalized spacial score (nSPS) is 14.1. The maximum Gasteiger partial charge on any atom is 0.189 e. The second-order valence-corrected chi connectivity index (χ2v) is 7.19. The van der Waals surface area contributed by atoms with Gasteiger partial charge in [0.1, 0.15) is 5.75 Å². The minimum atomic E-state index is -0.120. The second kappa shape index (κ2) is 7.96. The Morgan fingerprint density at radius 2 is 1.76 bits per heavy atom. The van der Waals surface area contributed by atoms with Crippen LogP contribution in [-0.2, 0) is 23.4 Å². The maximum atomic E-state index is 6.28. The van der Waals surface area contributed by atoms with Crippen molar-refractivity contribution >= 4 is 23.2 Å². The van der Waals surface area contributed by atoms with Gasteiger partial charge in [0.15, 0.2) is 6.79 Å². The average Bonchev–Trinajstić information content (AvgIpc) is 2.64. The standard InChI is InChI=1S/C20H23Cl2NO2/c1-3-20(4-2,16-5-7-17(21)8-6-16)23-11-14-9-18(22)10-15-12-24-13-25-19(14)15/h5-10,23H,3-4,11-13H2,1-2H3. The minimum Gasteiger partial charge on any atom is -0.467 e. The van der Waals surface area contributed by atoms with Crippen LogP contribution < -0.4 is 10.1 Å². The average molecular weight is 380 g/mol. The molecule has 0 spiro atoms. The second-order valence-electron chi connectivity index (χ2n) is 6.31. The first-order chi connectivity index (χ1) is 12.1. The zero-order valence-corrected chi connectivity index (χ0v) is 16.1. The van der Waals surface area contributed by atoms with Gasteiger partial charge in [-0.15, -0.1) is 0 Å². The molecular weight excluding hydrogens is 357 g/mol. The Labute approximate surface area is 159 Å². The summed E-state index contributed by atoms with van der Waals surface area (Å²) in [6, 6.07) is 12.0. The highest BCUT2D eigenvalue weighted by molar-refractivity contribution is 6.31. The molecule has 0 amide bonds. The molecule has 5 heteroatoms. The summed E-state index contributed by atoms with van der Waals surface area (Å²) in [7, 11) is 0. The van der Waals surface area contributed by atoms with E-state index in [1.165, 1.54) is 5.56 Å². The van der Waals surface area contributed by atoms with Crippen LogP contribution in [0.5, 0.6) is 5.75 Å². The van der Waals surface area contributed by atoms with Gasteiger partial charge in [-0.1, -0.05) is 49.2 Å². The molecule has 1 heterocycles. The molecule has 3 nitrogen and oxygen atoms in total. The molecule has 25 heavy (non-hydrogen) atoms. The van der Waals surface area contributed by atoms with Gasteiger partial charge >= 0.3 is 0 Å². The van der Waals surface area contributed by atoms with Gasteiger partial charge in [-0.25, -0.2) is 0 Å². The zero-order valence-electron chi connectivity index (χ0n) is 14.6. The van der Waals surface area contributed by atoms with Crippen LogP contribution in [0.3, 0.4) is 0 Å². The summed E-state index contributed by atoms with van der Waals surface area (Å²) in [5, 5.41) is 5.19. The first-order valence-electron chi connectivity index (χ1n) is 8.61. The molecular formula is C20H23Cl2NO2. The van der Waals surface area contributed by atoms with Gasteiger partial charge in [0.05, 0.1) is 6.61 Å². The predicted octanol–water partition coefficient (Wildman–Crippen LogP) is 5.67. The molecule has 0 saturated carbocycles. The lowest BCUT2D eigenvalue weighted by Crippen LogP contribution is -2.41. The van der Waals surface area contributed by atoms with E-state index in [9.17, 15) is 0 Å². The lowest BCUT2D eigenvalue weighted by atomic mass is 9.84. The highest BCUT2D eigenvalue weighted by atomic mass is 35.5. The van der Waals surface area contributed by atoms with Gasteiger partial charge in [-0.05, 0) is 42.7 Å². The fraction of sp³-hybridized carbons (Fsp3) is 0.400. The fourth-order valence-electron chi connectivity index (χ4n) is 3.43. The van der Waals surface area contributed by atoms with Crippen molar-refractivity contribution in [2.45, 2.75) is 45.4 Å². The van der Waals surface area contributed by atoms with E-state index in [1.54, 1.807) is 0 Å². The molecule has 0 radical (unpaired) electrons. The van der Waals surface area contributed by atoms with Crippen molar-refractivity contribution in [3.8, 4) is 5.75 Å². The Balaban J connectivity index is 1.87. The van der Waals surface area contributed by atoms with Crippen molar-refractivity contribution in [2.24, 2.45) is 0 Å². The summed E-state index contributed by atoms with van der Waals surface area (Å²) in [5.41, 5.74) is 3.18. The number of hydrogen-bond donors (Lipinski definition) is 1. The van der Waals surface area contributed by atoms with E-state index in [-0.39, 0.29) is 12.3 Å². The van der Waals surface area contributed by atoms with Crippen LogP contribution in [0.15, 0.2) is 36.4 Å². The molecule has 2 aromatic carbocycles. The van der Waals surface area contributed by atoms with Gasteiger partial charge in [0, 0.05) is 33.3 Å². The van der Waals surface area contributed by atoms with Gasteiger partial charge in [0.2, 0.25) is 0 Å². The molecule has 3 rings (SSSR count). The van der Waals surface area contributed by atoms with Crippen molar-refractivity contribution in [3.05, 3.63) is 63.1 Å². The maximum absolute atomic E-state index is 6.28. The quantitative estimate of drug-likeness (QED) is 0.701. The molecule has 1 aliphatic heterocycles. The van der Waals surface area contributed by atoms with Crippen molar-refractivity contribution < 1.29 is 9.47 Å². The molecule has 0 atom stereocenters. The first-order valence-corrected chi connectivity index (χ1v) is 9.36. The van der Waals surface area contributed by atoms with Crippen LogP contribution >= 0.6 is 23.2 Å². The van der Waals surface area contributed by atoms with E-state index in [0.29, 0.717) is 18.2 Å². The number of hydrogen-bond acceptors (Lipinski definition) is 3. The third kappa shape index (κ3) is 3.95. The summed E-state index contributed by atoms with van der Waals surface area (Å²) < 4.78 is 11.1. The smallest absolute Gasteiger partial charge is 0.189 e. The molecule has 2 aromatic rings. The van der Waals surface area contributed by atoms with Gasteiger partial charge in [-0.3, -0.25) is 0 Å². The molecule has 0 unspecified atom stereocenters. The van der Waals surface area contributed by atoms with Crippen LogP contribution in [0.1, 0.15) is 43.4 Å². The van der Waals surface area contributed by atoms with Crippen LogP contribution in [0.25, 0.3) is 0 Å². The van der Waals surface area contributed by atoms with E-state index in [0.717, 1.165) is 34.7 Å². The predicted molar refractivity (Wildman–Crippen MR) is 102 cm³/mol. The third-order valence-corrected chi connectivity index (χ3v) is 5.44. The van der Waals surface area contributed by atoms with E-state index in [1.807, 2.05) is 24.3 Å². The molecule has 134 valence electrons. The van der Waals surface area contributed by atoms with Gasteiger partial charge in [-0.2, -0.15) is 0 Å². The van der Waals surface area contributed by atoms with E-state index >= 15 is 0 Å². The van der Waals surface area contributed by atoms with Crippen molar-refractivity contribution in [1.82, 2.24) is 5.32 Å². The Morgan fingerprint density at radius 3 is 2.44 bits per heavy atom. The Kier molecular flexibility index (Phi) is 5.90. The Bertz CT molecular complexity index is 727. The van der Waals surface area contributed by atoms with Crippen molar-refractivity contribution in [1.29, 1.82) is 0 Å².